The van der Waals surface area contributed by atoms with E-state index < -0.39 is 0 Å². The van der Waals surface area contributed by atoms with E-state index in [-0.39, 0.29) is 6.04 Å². The quantitative estimate of drug-likeness (QED) is 0.657. The van der Waals surface area contributed by atoms with Gasteiger partial charge in [-0.2, -0.15) is 0 Å². The van der Waals surface area contributed by atoms with E-state index in [1.54, 1.807) is 0 Å². The summed E-state index contributed by atoms with van der Waals surface area (Å²) in [6.45, 7) is 3.04. The highest BCUT2D eigenvalue weighted by Gasteiger charge is 2.26. The predicted octanol–water partition coefficient (Wildman–Crippen LogP) is 3.58. The van der Waals surface area contributed by atoms with Crippen LogP contribution in [0.4, 0.5) is 0 Å². The molecule has 0 saturated heterocycles. The van der Waals surface area contributed by atoms with E-state index in [0.29, 0.717) is 12.1 Å². The monoisotopic (exact) mass is 378 g/mol. The summed E-state index contributed by atoms with van der Waals surface area (Å²) in [7, 11) is 0. The summed E-state index contributed by atoms with van der Waals surface area (Å²) >= 11 is 0. The summed E-state index contributed by atoms with van der Waals surface area (Å²) in [6.07, 6.45) is 6.53. The highest BCUT2D eigenvalue weighted by atomic mass is 15.5. The minimum atomic E-state index is -0.0178. The van der Waals surface area contributed by atoms with Crippen molar-refractivity contribution in [2.24, 2.45) is 5.73 Å². The number of nitrogens with two attached hydrogens (primary N) is 1. The molecule has 0 spiro atoms. The second-order valence-corrected chi connectivity index (χ2v) is 7.93. The van der Waals surface area contributed by atoms with Crippen LogP contribution in [0.2, 0.25) is 0 Å². The average Bonchev–Trinajstić information content (AvgIpc) is 3.19. The molecule has 4 rings (SSSR count). The highest BCUT2D eigenvalue weighted by Crippen LogP contribution is 2.27. The Hall–Kier alpha value is -2.31. The van der Waals surface area contributed by atoms with Crippen LogP contribution in [0, 0.1) is 0 Å². The van der Waals surface area contributed by atoms with Crippen LogP contribution in [-0.2, 0) is 6.54 Å². The van der Waals surface area contributed by atoms with Gasteiger partial charge in [-0.05, 0) is 64.9 Å². The number of nitrogens with zero attached hydrogens (tertiary/aromatic N) is 4. The van der Waals surface area contributed by atoms with Gasteiger partial charge in [0.15, 0.2) is 5.82 Å². The molecule has 148 valence electrons. The van der Waals surface area contributed by atoms with Crippen molar-refractivity contribution < 1.29 is 0 Å². The summed E-state index contributed by atoms with van der Waals surface area (Å²) in [5.74, 6) is 0.901. The first-order chi connectivity index (χ1) is 13.7. The molecule has 1 atom stereocenters. The zero-order valence-electron chi connectivity index (χ0n) is 16.6. The topological polar surface area (TPSA) is 81.7 Å². The molecule has 1 fully saturated rings. The number of rotatable bonds is 7. The molecule has 3 aromatic rings. The van der Waals surface area contributed by atoms with Gasteiger partial charge in [-0.3, -0.25) is 0 Å². The summed E-state index contributed by atoms with van der Waals surface area (Å²) in [5.41, 5.74) is 7.32. The van der Waals surface area contributed by atoms with Crippen molar-refractivity contribution in [3.8, 4) is 0 Å². The van der Waals surface area contributed by atoms with Crippen LogP contribution < -0.4 is 11.1 Å². The molecule has 0 amide bonds. The first-order valence-corrected chi connectivity index (χ1v) is 10.5. The molecule has 1 heterocycles. The van der Waals surface area contributed by atoms with Crippen molar-refractivity contribution in [3.05, 3.63) is 53.9 Å². The zero-order valence-corrected chi connectivity index (χ0v) is 16.6. The van der Waals surface area contributed by atoms with Crippen molar-refractivity contribution in [2.75, 3.05) is 0 Å². The summed E-state index contributed by atoms with van der Waals surface area (Å²) in [6, 6.07) is 15.9. The molecule has 28 heavy (non-hydrogen) atoms. The lowest BCUT2D eigenvalue weighted by molar-refractivity contribution is 0.320. The molecule has 1 saturated carbocycles. The largest absolute Gasteiger partial charge is 0.328 e. The minimum Gasteiger partial charge on any atom is -0.328 e. The Morgan fingerprint density at radius 3 is 2.68 bits per heavy atom. The van der Waals surface area contributed by atoms with Crippen LogP contribution in [0.3, 0.4) is 0 Å². The van der Waals surface area contributed by atoms with Crippen molar-refractivity contribution in [1.82, 2.24) is 25.5 Å². The number of hydrogen-bond acceptors (Lipinski definition) is 5. The number of tetrazole rings is 1. The molecule has 0 bridgehead atoms. The molecule has 6 heteroatoms. The Morgan fingerprint density at radius 2 is 1.89 bits per heavy atom. The molecule has 1 aliphatic carbocycles. The maximum atomic E-state index is 6.11. The average molecular weight is 379 g/mol. The molecular weight excluding hydrogens is 348 g/mol. The summed E-state index contributed by atoms with van der Waals surface area (Å²) in [5, 5.41) is 19.0. The third kappa shape index (κ3) is 4.23. The molecule has 6 nitrogen and oxygen atoms in total. The molecule has 2 aromatic carbocycles. The molecular formula is C22H30N6. The van der Waals surface area contributed by atoms with Crippen LogP contribution in [0.5, 0.6) is 0 Å². The van der Waals surface area contributed by atoms with Gasteiger partial charge in [0.2, 0.25) is 0 Å². The fraction of sp³-hybridized carbons (Fsp3) is 0.500. The van der Waals surface area contributed by atoms with Crippen LogP contribution in [-0.4, -0.2) is 32.3 Å². The van der Waals surface area contributed by atoms with Crippen LogP contribution in [0.15, 0.2) is 42.5 Å². The van der Waals surface area contributed by atoms with E-state index in [2.05, 4.69) is 70.2 Å². The molecule has 1 unspecified atom stereocenters. The zero-order chi connectivity index (χ0) is 19.3. The number of benzene rings is 2. The Kier molecular flexibility index (Phi) is 5.98. The summed E-state index contributed by atoms with van der Waals surface area (Å²) < 4.78 is 1.96. The lowest BCUT2D eigenvalue weighted by Gasteiger charge is -2.30. The molecule has 1 aliphatic rings. The normalized spacial score (nSPS) is 21.1. The van der Waals surface area contributed by atoms with E-state index in [1.807, 2.05) is 4.68 Å². The molecule has 0 radical (unpaired) electrons. The number of unbranched alkanes of at least 4 members (excludes halogenated alkanes) is 1. The number of aromatic nitrogens is 4. The Morgan fingerprint density at radius 1 is 1.11 bits per heavy atom. The van der Waals surface area contributed by atoms with Gasteiger partial charge in [0.1, 0.15) is 0 Å². The Labute approximate surface area is 166 Å². The maximum absolute atomic E-state index is 6.11. The smallest absolute Gasteiger partial charge is 0.172 e. The van der Waals surface area contributed by atoms with E-state index in [4.69, 9.17) is 5.73 Å². The second-order valence-electron chi connectivity index (χ2n) is 7.93. The first-order valence-electron chi connectivity index (χ1n) is 10.5. The van der Waals surface area contributed by atoms with E-state index in [1.165, 1.54) is 16.3 Å². The summed E-state index contributed by atoms with van der Waals surface area (Å²) in [4.78, 5) is 0. The van der Waals surface area contributed by atoms with Crippen molar-refractivity contribution in [1.29, 1.82) is 0 Å². The van der Waals surface area contributed by atoms with E-state index in [9.17, 15) is 0 Å². The Bertz CT molecular complexity index is 897. The van der Waals surface area contributed by atoms with E-state index in [0.717, 1.165) is 50.9 Å². The molecule has 3 N–H and O–H groups in total. The van der Waals surface area contributed by atoms with Crippen molar-refractivity contribution in [2.45, 2.75) is 70.1 Å². The van der Waals surface area contributed by atoms with Gasteiger partial charge in [0, 0.05) is 18.6 Å². The Balaban J connectivity index is 1.67. The number of aryl methyl sites for hydroxylation is 1. The molecule has 1 aromatic heterocycles. The maximum Gasteiger partial charge on any atom is 0.172 e. The van der Waals surface area contributed by atoms with Gasteiger partial charge in [-0.15, -0.1) is 5.10 Å². The second kappa shape index (κ2) is 8.80. The van der Waals surface area contributed by atoms with Crippen LogP contribution >= 0.6 is 0 Å². The van der Waals surface area contributed by atoms with Gasteiger partial charge in [-0.25, -0.2) is 4.68 Å². The third-order valence-corrected chi connectivity index (χ3v) is 5.82. The van der Waals surface area contributed by atoms with Crippen LogP contribution in [0.25, 0.3) is 10.8 Å². The lowest BCUT2D eigenvalue weighted by atomic mass is 9.90. The van der Waals surface area contributed by atoms with Gasteiger partial charge in [-0.1, -0.05) is 49.7 Å². The lowest BCUT2D eigenvalue weighted by Crippen LogP contribution is -2.40. The van der Waals surface area contributed by atoms with Gasteiger partial charge >= 0.3 is 0 Å². The first kappa shape index (κ1) is 19.0. The van der Waals surface area contributed by atoms with Gasteiger partial charge in [0.25, 0.3) is 0 Å². The fourth-order valence-electron chi connectivity index (χ4n) is 4.11. The fourth-order valence-corrected chi connectivity index (χ4v) is 4.11. The SMILES string of the molecule is CCCCn1nnnc1C(NC1CCC(N)CC1)c1ccc2ccccc2c1. The number of hydrogen-bond donors (Lipinski definition) is 2. The number of fused-ring (bicyclic) bond motifs is 1. The molecule has 0 aliphatic heterocycles. The van der Waals surface area contributed by atoms with Gasteiger partial charge < -0.3 is 11.1 Å². The predicted molar refractivity (Wildman–Crippen MR) is 112 cm³/mol. The highest BCUT2D eigenvalue weighted by molar-refractivity contribution is 5.83. The van der Waals surface area contributed by atoms with Crippen molar-refractivity contribution in [3.63, 3.8) is 0 Å². The van der Waals surface area contributed by atoms with Gasteiger partial charge in [0.05, 0.1) is 6.04 Å². The van der Waals surface area contributed by atoms with Crippen LogP contribution in [0.1, 0.15) is 62.9 Å². The van der Waals surface area contributed by atoms with Crippen molar-refractivity contribution >= 4 is 10.8 Å². The minimum absolute atomic E-state index is 0.0178. The standard InChI is InChI=1S/C22H30N6/c1-2-3-14-28-22(25-26-27-28)21(24-20-12-10-19(23)11-13-20)18-9-8-16-6-4-5-7-17(16)15-18/h4-9,15,19-21,24H,2-3,10-14,23H2,1H3. The third-order valence-electron chi connectivity index (χ3n) is 5.82. The number of nitrogens with one attached hydrogen (secondary N) is 1. The van der Waals surface area contributed by atoms with E-state index >= 15 is 0 Å².